The van der Waals surface area contributed by atoms with Crippen LogP contribution in [0.3, 0.4) is 0 Å². The maximum Gasteiger partial charge on any atom is 0.242 e. The normalized spacial score (nSPS) is 15.7. The zero-order valence-corrected chi connectivity index (χ0v) is 17.3. The van der Waals surface area contributed by atoms with Crippen LogP contribution >= 0.6 is 0 Å². The van der Waals surface area contributed by atoms with E-state index in [1.807, 2.05) is 31.2 Å². The fraction of sp³-hybridized carbons (Fsp3) is 0.619. The van der Waals surface area contributed by atoms with Gasteiger partial charge in [-0.15, -0.1) is 0 Å². The van der Waals surface area contributed by atoms with Crippen LogP contribution in [0.15, 0.2) is 24.3 Å². The van der Waals surface area contributed by atoms with Crippen LogP contribution in [0, 0.1) is 0 Å². The summed E-state index contributed by atoms with van der Waals surface area (Å²) < 4.78 is 10.5. The Morgan fingerprint density at radius 3 is 2.54 bits per heavy atom. The zero-order chi connectivity index (χ0) is 20.4. The molecule has 1 fully saturated rings. The molecule has 1 N–H and O–H groups in total. The first kappa shape index (κ1) is 22.2. The molecule has 0 aliphatic carbocycles. The van der Waals surface area contributed by atoms with E-state index in [2.05, 4.69) is 10.2 Å². The molecule has 1 aliphatic rings. The first-order valence-corrected chi connectivity index (χ1v) is 10.0. The molecular formula is C21H33N3O4. The van der Waals surface area contributed by atoms with Crippen molar-refractivity contribution < 1.29 is 19.1 Å². The molecule has 2 amide bonds. The van der Waals surface area contributed by atoms with Crippen LogP contribution in [0.25, 0.3) is 0 Å². The van der Waals surface area contributed by atoms with E-state index in [0.29, 0.717) is 19.5 Å². The highest BCUT2D eigenvalue weighted by Crippen LogP contribution is 2.16. The first-order chi connectivity index (χ1) is 13.5. The first-order valence-electron chi connectivity index (χ1n) is 10.0. The number of hydrogen-bond acceptors (Lipinski definition) is 5. The number of hydrogen-bond donors (Lipinski definition) is 1. The van der Waals surface area contributed by atoms with E-state index in [9.17, 15) is 9.59 Å². The van der Waals surface area contributed by atoms with Crippen LogP contribution < -0.4 is 10.1 Å². The Kier molecular flexibility index (Phi) is 9.23. The highest BCUT2D eigenvalue weighted by molar-refractivity contribution is 5.87. The second-order valence-electron chi connectivity index (χ2n) is 7.04. The lowest BCUT2D eigenvalue weighted by molar-refractivity contribution is -0.140. The fourth-order valence-corrected chi connectivity index (χ4v) is 3.18. The summed E-state index contributed by atoms with van der Waals surface area (Å²) in [7, 11) is 1.62. The third-order valence-electron chi connectivity index (χ3n) is 4.97. The van der Waals surface area contributed by atoms with Gasteiger partial charge in [0.05, 0.1) is 20.3 Å². The number of carbonyl (C=O) groups is 2. The molecule has 0 bridgehead atoms. The monoisotopic (exact) mass is 391 g/mol. The van der Waals surface area contributed by atoms with Crippen molar-refractivity contribution >= 4 is 11.8 Å². The van der Waals surface area contributed by atoms with Gasteiger partial charge in [-0.25, -0.2) is 0 Å². The number of benzene rings is 1. The number of amides is 2. The topological polar surface area (TPSA) is 71.1 Å². The van der Waals surface area contributed by atoms with Crippen molar-refractivity contribution in [3.63, 3.8) is 0 Å². The number of rotatable bonds is 10. The third kappa shape index (κ3) is 6.80. The molecule has 156 valence electrons. The lowest BCUT2D eigenvalue weighted by Gasteiger charge is -2.30. The summed E-state index contributed by atoms with van der Waals surface area (Å²) in [4.78, 5) is 29.2. The van der Waals surface area contributed by atoms with Gasteiger partial charge >= 0.3 is 0 Å². The van der Waals surface area contributed by atoms with E-state index in [0.717, 1.165) is 50.6 Å². The predicted molar refractivity (Wildman–Crippen MR) is 108 cm³/mol. The Morgan fingerprint density at radius 1 is 1.25 bits per heavy atom. The molecular weight excluding hydrogens is 358 g/mol. The SMILES string of the molecule is CCCC(=O)N(Cc1ccc(OC)cc1)[C@@H](C)C(=O)NCCN1CCOCC1. The van der Waals surface area contributed by atoms with Crippen LogP contribution in [0.4, 0.5) is 0 Å². The minimum Gasteiger partial charge on any atom is -0.497 e. The molecule has 1 saturated heterocycles. The largest absolute Gasteiger partial charge is 0.497 e. The lowest BCUT2D eigenvalue weighted by Crippen LogP contribution is -2.49. The van der Waals surface area contributed by atoms with E-state index in [4.69, 9.17) is 9.47 Å². The van der Waals surface area contributed by atoms with Crippen LogP contribution in [0.5, 0.6) is 5.75 Å². The molecule has 1 heterocycles. The maximum absolute atomic E-state index is 12.7. The summed E-state index contributed by atoms with van der Waals surface area (Å²) in [5.74, 6) is 0.643. The van der Waals surface area contributed by atoms with E-state index < -0.39 is 6.04 Å². The molecule has 0 spiro atoms. The lowest BCUT2D eigenvalue weighted by atomic mass is 10.1. The molecule has 0 aromatic heterocycles. The summed E-state index contributed by atoms with van der Waals surface area (Å²) in [6.07, 6.45) is 1.19. The standard InChI is InChI=1S/C21H33N3O4/c1-4-5-20(25)24(16-18-6-8-19(27-3)9-7-18)17(2)21(26)22-10-11-23-12-14-28-15-13-23/h6-9,17H,4-5,10-16H2,1-3H3,(H,22,26)/t17-/m0/s1. The average Bonchev–Trinajstić information content (AvgIpc) is 2.72. The average molecular weight is 392 g/mol. The van der Waals surface area contributed by atoms with E-state index in [1.165, 1.54) is 0 Å². The van der Waals surface area contributed by atoms with Gasteiger partial charge in [0.15, 0.2) is 0 Å². The van der Waals surface area contributed by atoms with Gasteiger partial charge in [0.25, 0.3) is 0 Å². The van der Waals surface area contributed by atoms with Gasteiger partial charge in [-0.2, -0.15) is 0 Å². The highest BCUT2D eigenvalue weighted by Gasteiger charge is 2.25. The van der Waals surface area contributed by atoms with Gasteiger partial charge in [-0.1, -0.05) is 19.1 Å². The molecule has 7 heteroatoms. The number of carbonyl (C=O) groups excluding carboxylic acids is 2. The predicted octanol–water partition coefficient (Wildman–Crippen LogP) is 1.66. The molecule has 1 atom stereocenters. The van der Waals surface area contributed by atoms with Crippen molar-refractivity contribution in [3.8, 4) is 5.75 Å². The molecule has 1 aromatic rings. The number of morpholine rings is 1. The highest BCUT2D eigenvalue weighted by atomic mass is 16.5. The molecule has 2 rings (SSSR count). The number of nitrogens with one attached hydrogen (secondary N) is 1. The molecule has 0 unspecified atom stereocenters. The van der Waals surface area contributed by atoms with Gasteiger partial charge in [-0.05, 0) is 31.0 Å². The summed E-state index contributed by atoms with van der Waals surface area (Å²) in [5.41, 5.74) is 0.971. The van der Waals surface area contributed by atoms with E-state index in [1.54, 1.807) is 18.9 Å². The van der Waals surface area contributed by atoms with Gasteiger partial charge in [0.2, 0.25) is 11.8 Å². The minimum absolute atomic E-state index is 0.00542. The Labute approximate surface area is 168 Å². The third-order valence-corrected chi connectivity index (χ3v) is 4.97. The zero-order valence-electron chi connectivity index (χ0n) is 17.3. The van der Waals surface area contributed by atoms with Crippen molar-refractivity contribution in [1.29, 1.82) is 0 Å². The van der Waals surface area contributed by atoms with Crippen molar-refractivity contribution in [3.05, 3.63) is 29.8 Å². The molecule has 1 aromatic carbocycles. The van der Waals surface area contributed by atoms with Gasteiger partial charge < -0.3 is 19.7 Å². The smallest absolute Gasteiger partial charge is 0.242 e. The number of methoxy groups -OCH3 is 1. The van der Waals surface area contributed by atoms with E-state index >= 15 is 0 Å². The number of nitrogens with zero attached hydrogens (tertiary/aromatic N) is 2. The Hall–Kier alpha value is -2.12. The molecule has 0 radical (unpaired) electrons. The second-order valence-corrected chi connectivity index (χ2v) is 7.04. The van der Waals surface area contributed by atoms with Crippen molar-refractivity contribution in [1.82, 2.24) is 15.1 Å². The van der Waals surface area contributed by atoms with Crippen LogP contribution in [0.2, 0.25) is 0 Å². The summed E-state index contributed by atoms with van der Waals surface area (Å²) in [6, 6.07) is 7.06. The summed E-state index contributed by atoms with van der Waals surface area (Å²) in [6.45, 7) is 8.80. The van der Waals surface area contributed by atoms with Crippen LogP contribution in [0.1, 0.15) is 32.3 Å². The second kappa shape index (κ2) is 11.7. The maximum atomic E-state index is 12.7. The van der Waals surface area contributed by atoms with Crippen molar-refractivity contribution in [2.75, 3.05) is 46.5 Å². The molecule has 1 aliphatic heterocycles. The molecule has 28 heavy (non-hydrogen) atoms. The summed E-state index contributed by atoms with van der Waals surface area (Å²) in [5, 5.41) is 2.98. The molecule has 7 nitrogen and oxygen atoms in total. The van der Waals surface area contributed by atoms with Gasteiger partial charge in [-0.3, -0.25) is 14.5 Å². The Balaban J connectivity index is 1.93. The number of ether oxygens (including phenoxy) is 2. The van der Waals surface area contributed by atoms with Gasteiger partial charge in [0.1, 0.15) is 11.8 Å². The van der Waals surface area contributed by atoms with Gasteiger partial charge in [0, 0.05) is 39.1 Å². The van der Waals surface area contributed by atoms with Crippen LogP contribution in [-0.4, -0.2) is 74.2 Å². The summed E-state index contributed by atoms with van der Waals surface area (Å²) >= 11 is 0. The Morgan fingerprint density at radius 2 is 1.93 bits per heavy atom. The fourth-order valence-electron chi connectivity index (χ4n) is 3.18. The van der Waals surface area contributed by atoms with Crippen molar-refractivity contribution in [2.24, 2.45) is 0 Å². The quantitative estimate of drug-likeness (QED) is 0.657. The van der Waals surface area contributed by atoms with E-state index in [-0.39, 0.29) is 11.8 Å². The Bertz CT molecular complexity index is 615. The minimum atomic E-state index is -0.522. The van der Waals surface area contributed by atoms with Crippen LogP contribution in [-0.2, 0) is 20.9 Å². The van der Waals surface area contributed by atoms with Crippen molar-refractivity contribution in [2.45, 2.75) is 39.3 Å². The molecule has 0 saturated carbocycles.